The maximum absolute atomic E-state index is 12.9. The van der Waals surface area contributed by atoms with Gasteiger partial charge >= 0.3 is 18.2 Å². The van der Waals surface area contributed by atoms with E-state index in [1.807, 2.05) is 12.1 Å². The maximum atomic E-state index is 12.9. The second-order valence-corrected chi connectivity index (χ2v) is 14.3. The van der Waals surface area contributed by atoms with Gasteiger partial charge < -0.3 is 29.7 Å². The smallest absolute Gasteiger partial charge is 0.411 e. The molecular weight excluding hydrogens is 622 g/mol. The summed E-state index contributed by atoms with van der Waals surface area (Å²) in [5.74, 6) is -1.31. The van der Waals surface area contributed by atoms with E-state index in [1.165, 1.54) is 29.2 Å². The first-order valence-corrected chi connectivity index (χ1v) is 16.2. The predicted molar refractivity (Wildman–Crippen MR) is 178 cm³/mol. The molecule has 14 heteroatoms. The molecule has 14 nitrogen and oxygen atoms in total. The molecule has 0 aliphatic carbocycles. The Labute approximate surface area is 283 Å². The highest BCUT2D eigenvalue weighted by atomic mass is 16.6. The SMILES string of the molecule is CC(=O)N1CCN(C(=O)OC(C)(C)C)[C@@H](C(=O)NCc2ccc(C(C)C)cc2)C1.CC(=O)N1CCN(C(=O)OC(C)(C)C)[C@@H](C(=O)O)C1. The van der Waals surface area contributed by atoms with Crippen LogP contribution in [0, 0.1) is 0 Å². The molecular formula is C34H53N5O9. The third-order valence-electron chi connectivity index (χ3n) is 7.61. The minimum absolute atomic E-state index is 0.0100. The lowest BCUT2D eigenvalue weighted by Gasteiger charge is -2.40. The van der Waals surface area contributed by atoms with Crippen molar-refractivity contribution in [1.29, 1.82) is 0 Å². The van der Waals surface area contributed by atoms with Crippen LogP contribution in [0.5, 0.6) is 0 Å². The predicted octanol–water partition coefficient (Wildman–Crippen LogP) is 3.43. The van der Waals surface area contributed by atoms with E-state index in [0.717, 1.165) is 10.5 Å². The van der Waals surface area contributed by atoms with Crippen LogP contribution in [0.4, 0.5) is 9.59 Å². The molecule has 2 heterocycles. The van der Waals surface area contributed by atoms with Crippen LogP contribution < -0.4 is 5.32 Å². The number of carbonyl (C=O) groups excluding carboxylic acids is 5. The van der Waals surface area contributed by atoms with Crippen molar-refractivity contribution in [3.05, 3.63) is 35.4 Å². The van der Waals surface area contributed by atoms with E-state index < -0.39 is 41.4 Å². The molecule has 0 bridgehead atoms. The number of amides is 5. The number of nitrogens with one attached hydrogen (secondary N) is 1. The van der Waals surface area contributed by atoms with Gasteiger partial charge in [0.15, 0.2) is 0 Å². The molecule has 2 atom stereocenters. The number of hydrogen-bond acceptors (Lipinski definition) is 8. The van der Waals surface area contributed by atoms with E-state index in [4.69, 9.17) is 14.6 Å². The lowest BCUT2D eigenvalue weighted by atomic mass is 10.0. The first-order chi connectivity index (χ1) is 22.1. The van der Waals surface area contributed by atoms with Crippen molar-refractivity contribution >= 4 is 35.9 Å². The average molecular weight is 676 g/mol. The van der Waals surface area contributed by atoms with Crippen molar-refractivity contribution < 1.29 is 43.3 Å². The summed E-state index contributed by atoms with van der Waals surface area (Å²) in [4.78, 5) is 77.3. The Hall–Kier alpha value is -4.36. The summed E-state index contributed by atoms with van der Waals surface area (Å²) >= 11 is 0. The summed E-state index contributed by atoms with van der Waals surface area (Å²) in [5.41, 5.74) is 0.873. The second kappa shape index (κ2) is 16.6. The summed E-state index contributed by atoms with van der Waals surface area (Å²) in [6.45, 7) is 19.2. The van der Waals surface area contributed by atoms with Gasteiger partial charge in [-0.15, -0.1) is 0 Å². The quantitative estimate of drug-likeness (QED) is 0.476. The Balaban J connectivity index is 0.000000365. The summed E-state index contributed by atoms with van der Waals surface area (Å²) in [5, 5.41) is 12.1. The van der Waals surface area contributed by atoms with Gasteiger partial charge in [-0.3, -0.25) is 24.2 Å². The summed E-state index contributed by atoms with van der Waals surface area (Å²) < 4.78 is 10.6. The molecule has 0 unspecified atom stereocenters. The molecule has 2 fully saturated rings. The number of aliphatic carboxylic acids is 1. The Morgan fingerprint density at radius 1 is 0.750 bits per heavy atom. The Morgan fingerprint density at radius 3 is 1.54 bits per heavy atom. The van der Waals surface area contributed by atoms with Crippen LogP contribution in [0.1, 0.15) is 86.3 Å². The highest BCUT2D eigenvalue weighted by Crippen LogP contribution is 2.19. The van der Waals surface area contributed by atoms with Crippen LogP contribution in [0.15, 0.2) is 24.3 Å². The van der Waals surface area contributed by atoms with Crippen LogP contribution in [0.25, 0.3) is 0 Å². The normalized spacial score (nSPS) is 18.4. The number of hydrogen-bond donors (Lipinski definition) is 2. The first-order valence-electron chi connectivity index (χ1n) is 16.2. The standard InChI is InChI=1S/C22H33N3O4.C12H20N2O5/c1-15(2)18-9-7-17(8-10-18)13-23-20(27)19-14-24(16(3)26)11-12-25(19)21(28)29-22(4,5)6;1-8(15)13-5-6-14(9(7-13)10(16)17)11(18)19-12(2,3)4/h7-10,15,19H,11-14H2,1-6H3,(H,23,27);9H,5-7H2,1-4H3,(H,16,17)/t19-;9-/m11/s1. The number of benzene rings is 1. The van der Waals surface area contributed by atoms with Crippen LogP contribution in [-0.2, 0) is 35.2 Å². The van der Waals surface area contributed by atoms with Crippen molar-refractivity contribution in [3.63, 3.8) is 0 Å². The molecule has 2 saturated heterocycles. The molecule has 2 N–H and O–H groups in total. The third-order valence-corrected chi connectivity index (χ3v) is 7.61. The van der Waals surface area contributed by atoms with Crippen molar-refractivity contribution in [3.8, 4) is 0 Å². The Kier molecular flexibility index (Phi) is 13.8. The summed E-state index contributed by atoms with van der Waals surface area (Å²) in [6, 6.07) is 6.24. The molecule has 0 radical (unpaired) electrons. The lowest BCUT2D eigenvalue weighted by Crippen LogP contribution is -2.61. The van der Waals surface area contributed by atoms with Crippen LogP contribution in [-0.4, -0.2) is 123 Å². The molecule has 5 amide bonds. The van der Waals surface area contributed by atoms with Crippen LogP contribution >= 0.6 is 0 Å². The fourth-order valence-corrected chi connectivity index (χ4v) is 4.98. The largest absolute Gasteiger partial charge is 0.480 e. The van der Waals surface area contributed by atoms with Gasteiger partial charge in [0.25, 0.3) is 0 Å². The zero-order valence-corrected chi connectivity index (χ0v) is 30.0. The van der Waals surface area contributed by atoms with E-state index in [2.05, 4.69) is 31.3 Å². The van der Waals surface area contributed by atoms with E-state index in [-0.39, 0.29) is 43.9 Å². The summed E-state index contributed by atoms with van der Waals surface area (Å²) in [6.07, 6.45) is -1.20. The topological polar surface area (TPSA) is 166 Å². The second-order valence-electron chi connectivity index (χ2n) is 14.3. The van der Waals surface area contributed by atoms with Gasteiger partial charge in [-0.05, 0) is 58.6 Å². The number of carbonyl (C=O) groups is 6. The molecule has 2 aliphatic rings. The fraction of sp³-hybridized carbons (Fsp3) is 0.647. The zero-order chi connectivity index (χ0) is 36.6. The minimum atomic E-state index is -1.14. The number of ether oxygens (including phenoxy) is 2. The number of nitrogens with zero attached hydrogens (tertiary/aromatic N) is 4. The van der Waals surface area contributed by atoms with Crippen molar-refractivity contribution in [2.75, 3.05) is 39.3 Å². The molecule has 1 aromatic rings. The molecule has 0 aromatic heterocycles. The van der Waals surface area contributed by atoms with Crippen molar-refractivity contribution in [2.45, 2.75) is 105 Å². The van der Waals surface area contributed by atoms with Crippen LogP contribution in [0.3, 0.4) is 0 Å². The number of rotatable bonds is 5. The van der Waals surface area contributed by atoms with Gasteiger partial charge in [0.1, 0.15) is 23.3 Å². The van der Waals surface area contributed by atoms with E-state index in [9.17, 15) is 28.8 Å². The highest BCUT2D eigenvalue weighted by molar-refractivity contribution is 5.87. The number of piperazine rings is 2. The van der Waals surface area contributed by atoms with Gasteiger partial charge in [-0.25, -0.2) is 14.4 Å². The van der Waals surface area contributed by atoms with E-state index in [0.29, 0.717) is 25.6 Å². The zero-order valence-electron chi connectivity index (χ0n) is 30.0. The number of carboxylic acids is 1. The number of carboxylic acid groups (broad SMARTS) is 1. The minimum Gasteiger partial charge on any atom is -0.480 e. The third kappa shape index (κ3) is 12.3. The van der Waals surface area contributed by atoms with Crippen molar-refractivity contribution in [2.24, 2.45) is 0 Å². The van der Waals surface area contributed by atoms with E-state index >= 15 is 0 Å². The lowest BCUT2D eigenvalue weighted by molar-refractivity contribution is -0.147. The fourth-order valence-electron chi connectivity index (χ4n) is 4.98. The molecule has 268 valence electrons. The Bertz CT molecular complexity index is 1320. The van der Waals surface area contributed by atoms with Crippen LogP contribution in [0.2, 0.25) is 0 Å². The summed E-state index contributed by atoms with van der Waals surface area (Å²) in [7, 11) is 0. The molecule has 2 aliphatic heterocycles. The molecule has 0 spiro atoms. The molecule has 48 heavy (non-hydrogen) atoms. The monoisotopic (exact) mass is 675 g/mol. The molecule has 3 rings (SSSR count). The van der Waals surface area contributed by atoms with Gasteiger partial charge in [0.2, 0.25) is 17.7 Å². The van der Waals surface area contributed by atoms with Gasteiger partial charge in [-0.2, -0.15) is 0 Å². The van der Waals surface area contributed by atoms with Gasteiger partial charge in [-0.1, -0.05) is 38.1 Å². The van der Waals surface area contributed by atoms with Crippen molar-refractivity contribution in [1.82, 2.24) is 24.9 Å². The molecule has 0 saturated carbocycles. The van der Waals surface area contributed by atoms with Gasteiger partial charge in [0.05, 0.1) is 13.1 Å². The maximum Gasteiger partial charge on any atom is 0.411 e. The average Bonchev–Trinajstić information content (AvgIpc) is 2.97. The molecule has 1 aromatic carbocycles. The first kappa shape index (κ1) is 39.8. The highest BCUT2D eigenvalue weighted by Gasteiger charge is 2.39. The van der Waals surface area contributed by atoms with E-state index in [1.54, 1.807) is 46.4 Å². The van der Waals surface area contributed by atoms with Gasteiger partial charge in [0, 0.05) is 46.6 Å². The Morgan fingerprint density at radius 2 is 1.17 bits per heavy atom.